The Labute approximate surface area is 146 Å². The van der Waals surface area contributed by atoms with Crippen molar-refractivity contribution in [1.29, 1.82) is 0 Å². The Morgan fingerprint density at radius 1 is 1.21 bits per heavy atom. The summed E-state index contributed by atoms with van der Waals surface area (Å²) in [4.78, 5) is 34.0. The van der Waals surface area contributed by atoms with E-state index in [0.29, 0.717) is 19.7 Å². The van der Waals surface area contributed by atoms with Crippen molar-refractivity contribution < 1.29 is 14.4 Å². The molecule has 2 amide bonds. The smallest absolute Gasteiger partial charge is 0.263 e. The van der Waals surface area contributed by atoms with Gasteiger partial charge in [-0.25, -0.2) is 5.06 Å². The normalized spacial score (nSPS) is 30.2. The fourth-order valence-electron chi connectivity index (χ4n) is 4.58. The summed E-state index contributed by atoms with van der Waals surface area (Å²) in [6, 6.07) is 3.80. The standard InChI is InChI=1S/C18H24N2O3S/c21-16(20-9-1-2-11-23-20)14-5-3-7-18(14)8-10-19(13-18)17(22)15-6-4-12-24-15/h4,6,12,14H,1-3,5,7-11,13H2/t14-,18+/m1/s1. The van der Waals surface area contributed by atoms with Crippen molar-refractivity contribution in [2.24, 2.45) is 11.3 Å². The average molecular weight is 348 g/mol. The number of hydrogen-bond acceptors (Lipinski definition) is 4. The maximum Gasteiger partial charge on any atom is 0.263 e. The molecule has 2 atom stereocenters. The van der Waals surface area contributed by atoms with Gasteiger partial charge >= 0.3 is 0 Å². The molecular formula is C18H24N2O3S. The van der Waals surface area contributed by atoms with E-state index in [2.05, 4.69) is 0 Å². The van der Waals surface area contributed by atoms with Gasteiger partial charge < -0.3 is 4.90 Å². The maximum atomic E-state index is 13.0. The highest BCUT2D eigenvalue weighted by atomic mass is 32.1. The van der Waals surface area contributed by atoms with E-state index >= 15 is 0 Å². The number of likely N-dealkylation sites (tertiary alicyclic amines) is 1. The van der Waals surface area contributed by atoms with Crippen LogP contribution in [0, 0.1) is 11.3 Å². The summed E-state index contributed by atoms with van der Waals surface area (Å²) >= 11 is 1.49. The summed E-state index contributed by atoms with van der Waals surface area (Å²) in [5, 5.41) is 3.54. The predicted octanol–water partition coefficient (Wildman–Crippen LogP) is 2.93. The predicted molar refractivity (Wildman–Crippen MR) is 91.5 cm³/mol. The van der Waals surface area contributed by atoms with E-state index in [9.17, 15) is 9.59 Å². The zero-order valence-corrected chi connectivity index (χ0v) is 14.7. The van der Waals surface area contributed by atoms with Gasteiger partial charge in [-0.15, -0.1) is 11.3 Å². The zero-order chi connectivity index (χ0) is 16.6. The average Bonchev–Trinajstić information content (AvgIpc) is 3.37. The molecule has 3 fully saturated rings. The monoisotopic (exact) mass is 348 g/mol. The van der Waals surface area contributed by atoms with Crippen LogP contribution in [0.3, 0.4) is 0 Å². The van der Waals surface area contributed by atoms with Gasteiger partial charge in [-0.3, -0.25) is 14.4 Å². The van der Waals surface area contributed by atoms with Crippen LogP contribution in [0.2, 0.25) is 0 Å². The van der Waals surface area contributed by atoms with E-state index in [-0.39, 0.29) is 23.1 Å². The molecule has 1 aromatic heterocycles. The molecule has 1 spiro atoms. The summed E-state index contributed by atoms with van der Waals surface area (Å²) in [7, 11) is 0. The van der Waals surface area contributed by atoms with Gasteiger partial charge in [0.15, 0.2) is 0 Å². The number of carbonyl (C=O) groups excluding carboxylic acids is 2. The molecule has 0 aromatic carbocycles. The molecule has 2 aliphatic heterocycles. The van der Waals surface area contributed by atoms with Crippen LogP contribution in [0.15, 0.2) is 17.5 Å². The van der Waals surface area contributed by atoms with Crippen molar-refractivity contribution in [1.82, 2.24) is 9.96 Å². The number of amides is 2. The van der Waals surface area contributed by atoms with Crippen LogP contribution in [-0.4, -0.2) is 48.0 Å². The lowest BCUT2D eigenvalue weighted by Gasteiger charge is -2.35. The molecule has 1 aromatic rings. The fourth-order valence-corrected chi connectivity index (χ4v) is 5.27. The van der Waals surface area contributed by atoms with Crippen molar-refractivity contribution >= 4 is 23.2 Å². The third-order valence-electron chi connectivity index (χ3n) is 5.86. The van der Waals surface area contributed by atoms with Crippen LogP contribution in [0.25, 0.3) is 0 Å². The zero-order valence-electron chi connectivity index (χ0n) is 13.9. The first-order valence-electron chi connectivity index (χ1n) is 8.97. The van der Waals surface area contributed by atoms with E-state index < -0.39 is 0 Å². The fraction of sp³-hybridized carbons (Fsp3) is 0.667. The number of nitrogens with zero attached hydrogens (tertiary/aromatic N) is 2. The Kier molecular flexibility index (Phi) is 4.35. The minimum absolute atomic E-state index is 0.0109. The van der Waals surface area contributed by atoms with E-state index in [0.717, 1.165) is 49.9 Å². The lowest BCUT2D eigenvalue weighted by Crippen LogP contribution is -2.45. The molecule has 2 saturated heterocycles. The van der Waals surface area contributed by atoms with Crippen LogP contribution < -0.4 is 0 Å². The molecule has 5 nitrogen and oxygen atoms in total. The highest BCUT2D eigenvalue weighted by molar-refractivity contribution is 7.12. The second kappa shape index (κ2) is 6.48. The molecule has 130 valence electrons. The number of carbonyl (C=O) groups is 2. The molecule has 0 N–H and O–H groups in total. The van der Waals surface area contributed by atoms with Crippen LogP contribution >= 0.6 is 11.3 Å². The highest BCUT2D eigenvalue weighted by Crippen LogP contribution is 2.50. The van der Waals surface area contributed by atoms with E-state index in [1.54, 1.807) is 5.06 Å². The van der Waals surface area contributed by atoms with Gasteiger partial charge in [0.25, 0.3) is 5.91 Å². The number of hydrogen-bond donors (Lipinski definition) is 0. The summed E-state index contributed by atoms with van der Waals surface area (Å²) in [5.41, 5.74) is -0.0369. The lowest BCUT2D eigenvalue weighted by atomic mass is 9.76. The molecule has 1 saturated carbocycles. The van der Waals surface area contributed by atoms with Gasteiger partial charge in [0, 0.05) is 31.0 Å². The Balaban J connectivity index is 1.48. The van der Waals surface area contributed by atoms with Crippen LogP contribution in [0.5, 0.6) is 0 Å². The molecule has 4 rings (SSSR count). The third kappa shape index (κ3) is 2.75. The number of rotatable bonds is 2. The molecule has 0 unspecified atom stereocenters. The quantitative estimate of drug-likeness (QED) is 0.826. The highest BCUT2D eigenvalue weighted by Gasteiger charge is 2.52. The summed E-state index contributed by atoms with van der Waals surface area (Å²) < 4.78 is 0. The van der Waals surface area contributed by atoms with E-state index in [1.807, 2.05) is 22.4 Å². The Morgan fingerprint density at radius 3 is 2.88 bits per heavy atom. The third-order valence-corrected chi connectivity index (χ3v) is 6.72. The molecular weight excluding hydrogens is 324 g/mol. The first-order chi connectivity index (χ1) is 11.7. The topological polar surface area (TPSA) is 49.9 Å². The summed E-state index contributed by atoms with van der Waals surface area (Å²) in [6.07, 6.45) is 6.04. The van der Waals surface area contributed by atoms with Gasteiger partial charge in [-0.05, 0) is 43.6 Å². The number of thiophene rings is 1. The summed E-state index contributed by atoms with van der Waals surface area (Å²) in [5.74, 6) is 0.281. The van der Waals surface area contributed by atoms with Crippen LogP contribution in [-0.2, 0) is 9.63 Å². The van der Waals surface area contributed by atoms with Crippen LogP contribution in [0.1, 0.15) is 48.2 Å². The van der Waals surface area contributed by atoms with Gasteiger partial charge in [-0.2, -0.15) is 0 Å². The van der Waals surface area contributed by atoms with E-state index in [1.165, 1.54) is 11.3 Å². The Bertz CT molecular complexity index is 612. The SMILES string of the molecule is O=C(c1cccs1)N1CC[C@@]2(CCC[C@@H]2C(=O)N2CCCCO2)C1. The second-order valence-electron chi connectivity index (χ2n) is 7.24. The lowest BCUT2D eigenvalue weighted by molar-refractivity contribution is -0.204. The minimum Gasteiger partial charge on any atom is -0.337 e. The maximum absolute atomic E-state index is 13.0. The molecule has 1 aliphatic carbocycles. The van der Waals surface area contributed by atoms with Gasteiger partial charge in [0.1, 0.15) is 0 Å². The van der Waals surface area contributed by atoms with Crippen molar-refractivity contribution in [3.05, 3.63) is 22.4 Å². The van der Waals surface area contributed by atoms with Crippen molar-refractivity contribution in [2.45, 2.75) is 38.5 Å². The summed E-state index contributed by atoms with van der Waals surface area (Å²) in [6.45, 7) is 2.84. The van der Waals surface area contributed by atoms with Gasteiger partial charge in [0.2, 0.25) is 5.91 Å². The number of hydroxylamine groups is 2. The molecule has 3 aliphatic rings. The molecule has 0 bridgehead atoms. The van der Waals surface area contributed by atoms with Gasteiger partial charge in [-0.1, -0.05) is 12.5 Å². The first-order valence-corrected chi connectivity index (χ1v) is 9.85. The first kappa shape index (κ1) is 16.1. The minimum atomic E-state index is -0.0369. The second-order valence-corrected chi connectivity index (χ2v) is 8.19. The largest absolute Gasteiger partial charge is 0.337 e. The van der Waals surface area contributed by atoms with Crippen molar-refractivity contribution in [2.75, 3.05) is 26.2 Å². The Hall–Kier alpha value is -1.40. The molecule has 0 radical (unpaired) electrons. The van der Waals surface area contributed by atoms with Crippen molar-refractivity contribution in [3.63, 3.8) is 0 Å². The van der Waals surface area contributed by atoms with Gasteiger partial charge in [0.05, 0.1) is 11.5 Å². The molecule has 3 heterocycles. The van der Waals surface area contributed by atoms with E-state index in [4.69, 9.17) is 4.84 Å². The molecule has 24 heavy (non-hydrogen) atoms. The Morgan fingerprint density at radius 2 is 2.12 bits per heavy atom. The van der Waals surface area contributed by atoms with Crippen molar-refractivity contribution in [3.8, 4) is 0 Å². The van der Waals surface area contributed by atoms with Crippen LogP contribution in [0.4, 0.5) is 0 Å². The molecule has 6 heteroatoms.